The van der Waals surface area contributed by atoms with Gasteiger partial charge in [-0.25, -0.2) is 0 Å². The average molecular weight is 242 g/mol. The Morgan fingerprint density at radius 1 is 0.706 bits per heavy atom. The van der Waals surface area contributed by atoms with Gasteiger partial charge in [-0.05, 0) is 24.7 Å². The van der Waals surface area contributed by atoms with E-state index in [1.165, 1.54) is 64.2 Å². The van der Waals surface area contributed by atoms with Crippen molar-refractivity contribution in [2.45, 2.75) is 85.0 Å². The number of rotatable bonds is 12. The van der Waals surface area contributed by atoms with Crippen LogP contribution in [-0.4, -0.2) is 11.7 Å². The summed E-state index contributed by atoms with van der Waals surface area (Å²) in [6.45, 7) is 7.18. The Kier molecular flexibility index (Phi) is 12.4. The summed E-state index contributed by atoms with van der Waals surface area (Å²) in [4.78, 5) is 0. The molecule has 0 aromatic heterocycles. The van der Waals surface area contributed by atoms with Crippen molar-refractivity contribution >= 4 is 0 Å². The molecular weight excluding hydrogens is 208 g/mol. The Balaban J connectivity index is 3.97. The lowest BCUT2D eigenvalue weighted by Gasteiger charge is -2.22. The second-order valence-corrected chi connectivity index (χ2v) is 5.58. The monoisotopic (exact) mass is 242 g/mol. The summed E-state index contributed by atoms with van der Waals surface area (Å²) in [6.07, 6.45) is 13.1. The smallest absolute Gasteiger partial charge is 0.0459 e. The van der Waals surface area contributed by atoms with Crippen LogP contribution in [0.2, 0.25) is 0 Å². The molecule has 1 heteroatoms. The molecule has 0 aliphatic rings. The van der Waals surface area contributed by atoms with Crippen molar-refractivity contribution < 1.29 is 5.11 Å². The van der Waals surface area contributed by atoms with Crippen LogP contribution in [0, 0.1) is 11.8 Å². The van der Waals surface area contributed by atoms with Gasteiger partial charge >= 0.3 is 0 Å². The van der Waals surface area contributed by atoms with E-state index in [1.54, 1.807) is 0 Å². The number of aliphatic hydroxyl groups excluding tert-OH is 1. The fourth-order valence-corrected chi connectivity index (χ4v) is 2.61. The van der Waals surface area contributed by atoms with E-state index in [-0.39, 0.29) is 0 Å². The van der Waals surface area contributed by atoms with Gasteiger partial charge in [0.2, 0.25) is 0 Å². The number of hydrogen-bond donors (Lipinski definition) is 1. The van der Waals surface area contributed by atoms with E-state index in [4.69, 9.17) is 0 Å². The molecule has 0 bridgehead atoms. The van der Waals surface area contributed by atoms with Crippen LogP contribution in [0.15, 0.2) is 0 Å². The molecule has 0 aromatic rings. The van der Waals surface area contributed by atoms with Crippen LogP contribution in [0.4, 0.5) is 0 Å². The largest absolute Gasteiger partial charge is 0.396 e. The van der Waals surface area contributed by atoms with Gasteiger partial charge < -0.3 is 5.11 Å². The van der Waals surface area contributed by atoms with Crippen molar-refractivity contribution in [2.75, 3.05) is 6.61 Å². The van der Waals surface area contributed by atoms with Crippen molar-refractivity contribution in [2.24, 2.45) is 11.8 Å². The lowest BCUT2D eigenvalue weighted by molar-refractivity contribution is 0.182. The third kappa shape index (κ3) is 9.64. The van der Waals surface area contributed by atoms with Crippen molar-refractivity contribution in [1.29, 1.82) is 0 Å². The Bertz CT molecular complexity index is 136. The normalized spacial score (nSPS) is 13.2. The first kappa shape index (κ1) is 17.0. The van der Waals surface area contributed by atoms with Crippen LogP contribution in [0.1, 0.15) is 85.0 Å². The van der Waals surface area contributed by atoms with Gasteiger partial charge in [-0.1, -0.05) is 72.1 Å². The van der Waals surface area contributed by atoms with E-state index in [2.05, 4.69) is 20.8 Å². The highest BCUT2D eigenvalue weighted by atomic mass is 16.3. The molecule has 0 heterocycles. The minimum absolute atomic E-state index is 0.398. The molecule has 0 amide bonds. The Morgan fingerprint density at radius 3 is 1.47 bits per heavy atom. The predicted molar refractivity (Wildman–Crippen MR) is 77.3 cm³/mol. The molecule has 1 nitrogen and oxygen atoms in total. The molecule has 0 fully saturated rings. The lowest BCUT2D eigenvalue weighted by atomic mass is 9.85. The van der Waals surface area contributed by atoms with E-state index in [1.807, 2.05) is 0 Å². The molecule has 0 spiro atoms. The number of hydrogen-bond acceptors (Lipinski definition) is 1. The van der Waals surface area contributed by atoms with Gasteiger partial charge in [0.1, 0.15) is 0 Å². The zero-order valence-corrected chi connectivity index (χ0v) is 12.4. The first-order valence-corrected chi connectivity index (χ1v) is 7.89. The van der Waals surface area contributed by atoms with Gasteiger partial charge in [-0.2, -0.15) is 0 Å². The summed E-state index contributed by atoms with van der Waals surface area (Å²) in [5, 5.41) is 9.45. The van der Waals surface area contributed by atoms with Crippen LogP contribution in [-0.2, 0) is 0 Å². The molecule has 0 radical (unpaired) electrons. The topological polar surface area (TPSA) is 20.2 Å². The summed E-state index contributed by atoms with van der Waals surface area (Å²) < 4.78 is 0. The third-order valence-electron chi connectivity index (χ3n) is 3.82. The Labute approximate surface area is 109 Å². The fourth-order valence-electron chi connectivity index (χ4n) is 2.61. The van der Waals surface area contributed by atoms with E-state index >= 15 is 0 Å². The second kappa shape index (κ2) is 12.4. The van der Waals surface area contributed by atoms with Crippen molar-refractivity contribution in [3.63, 3.8) is 0 Å². The molecule has 0 rings (SSSR count). The zero-order chi connectivity index (χ0) is 12.9. The molecule has 0 aromatic carbocycles. The standard InChI is InChI=1S/C16H34O/c1-4-7-10-15(11-8-5-2)13-16(14-17)12-9-6-3/h15-17H,4-14H2,1-3H3. The number of aliphatic hydroxyl groups is 1. The summed E-state index contributed by atoms with van der Waals surface area (Å²) in [7, 11) is 0. The summed E-state index contributed by atoms with van der Waals surface area (Å²) in [5.41, 5.74) is 0. The first-order valence-electron chi connectivity index (χ1n) is 7.89. The van der Waals surface area contributed by atoms with Gasteiger partial charge in [0.25, 0.3) is 0 Å². The Morgan fingerprint density at radius 2 is 1.12 bits per heavy atom. The molecule has 1 atom stereocenters. The molecule has 0 aliphatic heterocycles. The van der Waals surface area contributed by atoms with E-state index in [0.29, 0.717) is 12.5 Å². The maximum Gasteiger partial charge on any atom is 0.0459 e. The van der Waals surface area contributed by atoms with Gasteiger partial charge in [0, 0.05) is 6.61 Å². The maximum atomic E-state index is 9.45. The molecule has 0 saturated carbocycles. The van der Waals surface area contributed by atoms with Crippen LogP contribution >= 0.6 is 0 Å². The first-order chi connectivity index (χ1) is 8.28. The van der Waals surface area contributed by atoms with Crippen LogP contribution in [0.3, 0.4) is 0 Å². The fraction of sp³-hybridized carbons (Fsp3) is 1.00. The van der Waals surface area contributed by atoms with Crippen molar-refractivity contribution in [1.82, 2.24) is 0 Å². The van der Waals surface area contributed by atoms with E-state index < -0.39 is 0 Å². The molecular formula is C16H34O. The number of unbranched alkanes of at least 4 members (excludes halogenated alkanes) is 3. The summed E-state index contributed by atoms with van der Waals surface area (Å²) in [6, 6.07) is 0. The quantitative estimate of drug-likeness (QED) is 0.500. The van der Waals surface area contributed by atoms with E-state index in [9.17, 15) is 5.11 Å². The third-order valence-corrected chi connectivity index (χ3v) is 3.82. The SMILES string of the molecule is CCCCC(CO)CC(CCCC)CCCC. The highest BCUT2D eigenvalue weighted by Gasteiger charge is 2.15. The van der Waals surface area contributed by atoms with Gasteiger partial charge in [0.15, 0.2) is 0 Å². The molecule has 104 valence electrons. The maximum absolute atomic E-state index is 9.45. The van der Waals surface area contributed by atoms with Crippen molar-refractivity contribution in [3.05, 3.63) is 0 Å². The van der Waals surface area contributed by atoms with Gasteiger partial charge in [-0.15, -0.1) is 0 Å². The van der Waals surface area contributed by atoms with Crippen molar-refractivity contribution in [3.8, 4) is 0 Å². The summed E-state index contributed by atoms with van der Waals surface area (Å²) in [5.74, 6) is 1.43. The minimum Gasteiger partial charge on any atom is -0.396 e. The molecule has 1 N–H and O–H groups in total. The van der Waals surface area contributed by atoms with Crippen LogP contribution in [0.25, 0.3) is 0 Å². The van der Waals surface area contributed by atoms with Crippen LogP contribution in [0.5, 0.6) is 0 Å². The van der Waals surface area contributed by atoms with Gasteiger partial charge in [0.05, 0.1) is 0 Å². The highest BCUT2D eigenvalue weighted by Crippen LogP contribution is 2.26. The second-order valence-electron chi connectivity index (χ2n) is 5.58. The molecule has 17 heavy (non-hydrogen) atoms. The van der Waals surface area contributed by atoms with Gasteiger partial charge in [-0.3, -0.25) is 0 Å². The summed E-state index contributed by atoms with van der Waals surface area (Å²) >= 11 is 0. The zero-order valence-electron chi connectivity index (χ0n) is 12.4. The minimum atomic E-state index is 0.398. The van der Waals surface area contributed by atoms with E-state index in [0.717, 1.165) is 5.92 Å². The van der Waals surface area contributed by atoms with Crippen LogP contribution < -0.4 is 0 Å². The molecule has 0 aliphatic carbocycles. The molecule has 0 saturated heterocycles. The lowest BCUT2D eigenvalue weighted by Crippen LogP contribution is -2.13. The Hall–Kier alpha value is -0.0400. The molecule has 1 unspecified atom stereocenters. The highest BCUT2D eigenvalue weighted by molar-refractivity contribution is 4.67. The predicted octanol–water partition coefficient (Wildman–Crippen LogP) is 5.17. The average Bonchev–Trinajstić information content (AvgIpc) is 2.36.